The Morgan fingerprint density at radius 1 is 1.36 bits per heavy atom. The maximum atomic E-state index is 10.8. The van der Waals surface area contributed by atoms with Gasteiger partial charge in [-0.15, -0.1) is 0 Å². The smallest absolute Gasteiger partial charge is 0.357 e. The van der Waals surface area contributed by atoms with Crippen LogP contribution < -0.4 is 10.4 Å². The number of hydrogen-bond donors (Lipinski definition) is 1. The normalized spacial score (nSPS) is 10.1. The molecule has 0 aliphatic carbocycles. The van der Waals surface area contributed by atoms with Gasteiger partial charge in [0.15, 0.2) is 0 Å². The van der Waals surface area contributed by atoms with Crippen molar-refractivity contribution in [3.05, 3.63) is 40.8 Å². The molecule has 0 spiro atoms. The Labute approximate surface area is 80.1 Å². The molecule has 14 heavy (non-hydrogen) atoms. The largest absolute Gasteiger partial charge is 0.497 e. The van der Waals surface area contributed by atoms with Crippen LogP contribution >= 0.6 is 0 Å². The van der Waals surface area contributed by atoms with E-state index >= 15 is 0 Å². The number of nitrogens with one attached hydrogen (secondary N) is 1. The zero-order valence-corrected chi connectivity index (χ0v) is 7.61. The van der Waals surface area contributed by atoms with Gasteiger partial charge in [-0.2, -0.15) is 0 Å². The van der Waals surface area contributed by atoms with Gasteiger partial charge < -0.3 is 9.26 Å². The highest BCUT2D eigenvalue weighted by atomic mass is 16.5. The van der Waals surface area contributed by atoms with Gasteiger partial charge in [0.05, 0.1) is 18.9 Å². The number of aromatic amines is 1. The Kier molecular flexibility index (Phi) is 2.10. The first-order chi connectivity index (χ1) is 6.79. The van der Waals surface area contributed by atoms with E-state index in [-0.39, 0.29) is 5.63 Å². The van der Waals surface area contributed by atoms with Crippen molar-refractivity contribution in [1.82, 2.24) is 5.16 Å². The topological polar surface area (TPSA) is 55.2 Å². The lowest BCUT2D eigenvalue weighted by atomic mass is 10.1. The second kappa shape index (κ2) is 3.41. The van der Waals surface area contributed by atoms with Crippen LogP contribution in [-0.2, 0) is 0 Å². The molecule has 2 aromatic rings. The lowest BCUT2D eigenvalue weighted by molar-refractivity contribution is 0.393. The van der Waals surface area contributed by atoms with Crippen molar-refractivity contribution in [2.75, 3.05) is 7.11 Å². The zero-order chi connectivity index (χ0) is 9.97. The zero-order valence-electron chi connectivity index (χ0n) is 7.61. The molecule has 0 unspecified atom stereocenters. The fourth-order valence-electron chi connectivity index (χ4n) is 1.21. The number of benzene rings is 1. The number of aromatic nitrogens is 1. The van der Waals surface area contributed by atoms with E-state index in [0.717, 1.165) is 11.3 Å². The summed E-state index contributed by atoms with van der Waals surface area (Å²) in [6.07, 6.45) is 0. The molecule has 0 amide bonds. The second-order valence-corrected chi connectivity index (χ2v) is 2.81. The van der Waals surface area contributed by atoms with Crippen LogP contribution in [0.1, 0.15) is 0 Å². The van der Waals surface area contributed by atoms with Crippen LogP contribution in [0.3, 0.4) is 0 Å². The standard InChI is InChI=1S/C10H9NO3/c1-13-8-4-2-3-7(5-8)9-6-10(12)14-11-9/h2-6,11H,1H3. The molecule has 1 N–H and O–H groups in total. The first-order valence-electron chi connectivity index (χ1n) is 4.12. The minimum absolute atomic E-state index is 0.386. The Morgan fingerprint density at radius 3 is 2.86 bits per heavy atom. The van der Waals surface area contributed by atoms with Crippen molar-refractivity contribution in [2.24, 2.45) is 0 Å². The van der Waals surface area contributed by atoms with Crippen molar-refractivity contribution in [2.45, 2.75) is 0 Å². The van der Waals surface area contributed by atoms with Gasteiger partial charge in [0.1, 0.15) is 5.75 Å². The highest BCUT2D eigenvalue weighted by Crippen LogP contribution is 2.20. The Morgan fingerprint density at radius 2 is 2.21 bits per heavy atom. The summed E-state index contributed by atoms with van der Waals surface area (Å²) < 4.78 is 9.63. The van der Waals surface area contributed by atoms with Crippen LogP contribution in [0.5, 0.6) is 5.75 Å². The summed E-state index contributed by atoms with van der Waals surface area (Å²) in [5.41, 5.74) is 1.12. The van der Waals surface area contributed by atoms with Crippen molar-refractivity contribution >= 4 is 0 Å². The van der Waals surface area contributed by atoms with E-state index < -0.39 is 0 Å². The summed E-state index contributed by atoms with van der Waals surface area (Å²) in [7, 11) is 1.59. The maximum absolute atomic E-state index is 10.8. The molecular formula is C10H9NO3. The summed E-state index contributed by atoms with van der Waals surface area (Å²) >= 11 is 0. The van der Waals surface area contributed by atoms with Gasteiger partial charge in [0.25, 0.3) is 0 Å². The van der Waals surface area contributed by atoms with Gasteiger partial charge in [0, 0.05) is 5.56 Å². The first-order valence-corrected chi connectivity index (χ1v) is 4.12. The quantitative estimate of drug-likeness (QED) is 0.785. The summed E-state index contributed by atoms with van der Waals surface area (Å²) in [5.74, 6) is 0.740. The summed E-state index contributed by atoms with van der Waals surface area (Å²) in [6.45, 7) is 0. The number of methoxy groups -OCH3 is 1. The molecule has 0 fully saturated rings. The van der Waals surface area contributed by atoms with E-state index in [2.05, 4.69) is 9.68 Å². The third-order valence-corrected chi connectivity index (χ3v) is 1.90. The summed E-state index contributed by atoms with van der Waals surface area (Å²) in [6, 6.07) is 8.76. The predicted molar refractivity (Wildman–Crippen MR) is 51.3 cm³/mol. The molecule has 4 nitrogen and oxygen atoms in total. The molecule has 0 aliphatic rings. The molecule has 2 rings (SSSR count). The molecule has 4 heteroatoms. The average Bonchev–Trinajstić information content (AvgIpc) is 2.65. The molecule has 1 aromatic carbocycles. The highest BCUT2D eigenvalue weighted by molar-refractivity contribution is 5.60. The predicted octanol–water partition coefficient (Wildman–Crippen LogP) is 1.64. The van der Waals surface area contributed by atoms with E-state index in [1.54, 1.807) is 7.11 Å². The third-order valence-electron chi connectivity index (χ3n) is 1.90. The minimum Gasteiger partial charge on any atom is -0.497 e. The number of rotatable bonds is 2. The van der Waals surface area contributed by atoms with Crippen molar-refractivity contribution < 1.29 is 9.26 Å². The van der Waals surface area contributed by atoms with Crippen LogP contribution in [-0.4, -0.2) is 12.3 Å². The van der Waals surface area contributed by atoms with Crippen molar-refractivity contribution in [3.8, 4) is 17.0 Å². The van der Waals surface area contributed by atoms with E-state index in [4.69, 9.17) is 4.74 Å². The lowest BCUT2D eigenvalue weighted by Gasteiger charge is -2.00. The van der Waals surface area contributed by atoms with Crippen LogP contribution in [0.25, 0.3) is 11.3 Å². The van der Waals surface area contributed by atoms with Crippen LogP contribution in [0.2, 0.25) is 0 Å². The lowest BCUT2D eigenvalue weighted by Crippen LogP contribution is -1.86. The second-order valence-electron chi connectivity index (χ2n) is 2.81. The van der Waals surface area contributed by atoms with Crippen LogP contribution in [0.15, 0.2) is 39.6 Å². The maximum Gasteiger partial charge on any atom is 0.357 e. The van der Waals surface area contributed by atoms with Gasteiger partial charge in [-0.05, 0) is 12.1 Å². The molecule has 0 atom stereocenters. The molecule has 72 valence electrons. The monoisotopic (exact) mass is 191 g/mol. The minimum atomic E-state index is -0.386. The van der Waals surface area contributed by atoms with Gasteiger partial charge in [-0.3, -0.25) is 0 Å². The fourth-order valence-corrected chi connectivity index (χ4v) is 1.21. The van der Waals surface area contributed by atoms with Gasteiger partial charge in [0.2, 0.25) is 0 Å². The van der Waals surface area contributed by atoms with E-state index in [1.807, 2.05) is 24.3 Å². The van der Waals surface area contributed by atoms with Gasteiger partial charge in [-0.1, -0.05) is 12.1 Å². The first kappa shape index (κ1) is 8.62. The molecule has 0 radical (unpaired) electrons. The van der Waals surface area contributed by atoms with Crippen molar-refractivity contribution in [3.63, 3.8) is 0 Å². The van der Waals surface area contributed by atoms with Gasteiger partial charge in [-0.25, -0.2) is 9.95 Å². The fraction of sp³-hybridized carbons (Fsp3) is 0.100. The summed E-state index contributed by atoms with van der Waals surface area (Å²) in [5, 5.41) is 2.53. The molecule has 0 bridgehead atoms. The number of H-pyrrole nitrogens is 1. The van der Waals surface area contributed by atoms with Crippen molar-refractivity contribution in [1.29, 1.82) is 0 Å². The SMILES string of the molecule is COc1cccc(-c2cc(=O)o[nH]2)c1. The highest BCUT2D eigenvalue weighted by Gasteiger charge is 2.02. The molecule has 0 saturated heterocycles. The molecule has 0 saturated carbocycles. The number of ether oxygens (including phenoxy) is 1. The Balaban J connectivity index is 2.46. The number of hydrogen-bond acceptors (Lipinski definition) is 3. The molecular weight excluding hydrogens is 182 g/mol. The Bertz CT molecular complexity index is 484. The average molecular weight is 191 g/mol. The van der Waals surface area contributed by atoms with Gasteiger partial charge >= 0.3 is 5.63 Å². The molecule has 1 heterocycles. The van der Waals surface area contributed by atoms with E-state index in [9.17, 15) is 4.79 Å². The molecule has 0 aliphatic heterocycles. The molecule has 1 aromatic heterocycles. The van der Waals surface area contributed by atoms with Crippen LogP contribution in [0, 0.1) is 0 Å². The Hall–Kier alpha value is -1.97. The summed E-state index contributed by atoms with van der Waals surface area (Å²) in [4.78, 5) is 10.8. The van der Waals surface area contributed by atoms with Crippen LogP contribution in [0.4, 0.5) is 0 Å². The van der Waals surface area contributed by atoms with E-state index in [1.165, 1.54) is 6.07 Å². The van der Waals surface area contributed by atoms with E-state index in [0.29, 0.717) is 5.69 Å². The third kappa shape index (κ3) is 1.54.